The SMILES string of the molecule is O=C(O)c1ncc([N+](=O)[O-])cc1[N+](=O)[O-]. The molecule has 9 heteroatoms. The van der Waals surface area contributed by atoms with Crippen LogP contribution in [0.25, 0.3) is 0 Å². The molecule has 0 saturated heterocycles. The van der Waals surface area contributed by atoms with Gasteiger partial charge in [-0.25, -0.2) is 9.78 Å². The topological polar surface area (TPSA) is 136 Å². The summed E-state index contributed by atoms with van der Waals surface area (Å²) in [5, 5.41) is 29.1. The number of carboxylic acids is 1. The summed E-state index contributed by atoms with van der Waals surface area (Å²) in [4.78, 5) is 32.3. The van der Waals surface area contributed by atoms with Crippen LogP contribution in [0, 0.1) is 20.2 Å². The van der Waals surface area contributed by atoms with Crippen LogP contribution in [0.5, 0.6) is 0 Å². The molecule has 0 unspecified atom stereocenters. The van der Waals surface area contributed by atoms with E-state index in [1.807, 2.05) is 0 Å². The maximum absolute atomic E-state index is 10.5. The van der Waals surface area contributed by atoms with Crippen LogP contribution in [-0.4, -0.2) is 25.9 Å². The first-order valence-electron chi connectivity index (χ1n) is 3.45. The Balaban J connectivity index is 3.40. The summed E-state index contributed by atoms with van der Waals surface area (Å²) in [6, 6.07) is 0.552. The number of aromatic nitrogens is 1. The van der Waals surface area contributed by atoms with E-state index >= 15 is 0 Å². The molecule has 0 amide bonds. The third-order valence-electron chi connectivity index (χ3n) is 1.46. The van der Waals surface area contributed by atoms with Gasteiger partial charge in [0.05, 0.1) is 15.9 Å². The zero-order valence-corrected chi connectivity index (χ0v) is 6.98. The number of hydrogen-bond acceptors (Lipinski definition) is 6. The van der Waals surface area contributed by atoms with Gasteiger partial charge < -0.3 is 5.11 Å². The lowest BCUT2D eigenvalue weighted by Crippen LogP contribution is -2.06. The second-order valence-electron chi connectivity index (χ2n) is 2.38. The molecule has 0 fully saturated rings. The normalized spacial score (nSPS) is 9.60. The van der Waals surface area contributed by atoms with E-state index in [1.54, 1.807) is 0 Å². The lowest BCUT2D eigenvalue weighted by atomic mass is 10.3. The van der Waals surface area contributed by atoms with Crippen molar-refractivity contribution in [2.24, 2.45) is 0 Å². The Morgan fingerprint density at radius 2 is 1.93 bits per heavy atom. The van der Waals surface area contributed by atoms with Crippen LogP contribution in [0.15, 0.2) is 12.3 Å². The summed E-state index contributed by atoms with van der Waals surface area (Å²) < 4.78 is 0. The number of rotatable bonds is 3. The predicted octanol–water partition coefficient (Wildman–Crippen LogP) is 0.596. The second kappa shape index (κ2) is 3.65. The molecule has 0 aliphatic carbocycles. The molecule has 0 aliphatic rings. The molecule has 0 saturated carbocycles. The summed E-state index contributed by atoms with van der Waals surface area (Å²) in [5.74, 6) is -1.61. The molecule has 0 spiro atoms. The molecular formula is C6H3N3O6. The highest BCUT2D eigenvalue weighted by molar-refractivity contribution is 5.90. The maximum Gasteiger partial charge on any atom is 0.361 e. The van der Waals surface area contributed by atoms with E-state index < -0.39 is 32.9 Å². The number of hydrogen-bond donors (Lipinski definition) is 1. The molecule has 1 aromatic heterocycles. The first-order valence-corrected chi connectivity index (χ1v) is 3.45. The van der Waals surface area contributed by atoms with Crippen molar-refractivity contribution in [1.82, 2.24) is 4.98 Å². The van der Waals surface area contributed by atoms with Crippen molar-refractivity contribution in [3.63, 3.8) is 0 Å². The van der Waals surface area contributed by atoms with Gasteiger partial charge in [0.25, 0.3) is 5.69 Å². The smallest absolute Gasteiger partial charge is 0.361 e. The first kappa shape index (κ1) is 10.5. The molecule has 1 aromatic rings. The van der Waals surface area contributed by atoms with Gasteiger partial charge >= 0.3 is 11.7 Å². The molecule has 0 aromatic carbocycles. The second-order valence-corrected chi connectivity index (χ2v) is 2.38. The molecule has 1 N–H and O–H groups in total. The predicted molar refractivity (Wildman–Crippen MR) is 44.5 cm³/mol. The monoisotopic (exact) mass is 213 g/mol. The van der Waals surface area contributed by atoms with Crippen molar-refractivity contribution in [2.45, 2.75) is 0 Å². The van der Waals surface area contributed by atoms with E-state index in [0.717, 1.165) is 0 Å². The summed E-state index contributed by atoms with van der Waals surface area (Å²) >= 11 is 0. The Labute approximate surface area is 81.3 Å². The van der Waals surface area contributed by atoms with Crippen LogP contribution < -0.4 is 0 Å². The lowest BCUT2D eigenvalue weighted by molar-refractivity contribution is -0.394. The van der Waals surface area contributed by atoms with Crippen molar-refractivity contribution >= 4 is 17.3 Å². The first-order chi connectivity index (χ1) is 6.93. The van der Waals surface area contributed by atoms with Gasteiger partial charge in [0.1, 0.15) is 6.20 Å². The van der Waals surface area contributed by atoms with Crippen molar-refractivity contribution in [3.8, 4) is 0 Å². The average Bonchev–Trinajstić information content (AvgIpc) is 2.16. The molecule has 0 bridgehead atoms. The van der Waals surface area contributed by atoms with Gasteiger partial charge in [-0.1, -0.05) is 0 Å². The molecule has 78 valence electrons. The van der Waals surface area contributed by atoms with Crippen molar-refractivity contribution < 1.29 is 19.7 Å². The minimum atomic E-state index is -1.61. The molecule has 0 radical (unpaired) electrons. The molecule has 9 nitrogen and oxygen atoms in total. The van der Waals surface area contributed by atoms with Gasteiger partial charge in [0, 0.05) is 0 Å². The van der Waals surface area contributed by atoms with Gasteiger partial charge in [-0.15, -0.1) is 0 Å². The lowest BCUT2D eigenvalue weighted by Gasteiger charge is -1.96. The minimum absolute atomic E-state index is 0.552. The Hall–Kier alpha value is -2.58. The largest absolute Gasteiger partial charge is 0.476 e. The fourth-order valence-electron chi connectivity index (χ4n) is 0.846. The number of carboxylic acid groups (broad SMARTS) is 1. The minimum Gasteiger partial charge on any atom is -0.476 e. The molecule has 1 rings (SSSR count). The number of carbonyl (C=O) groups is 1. The Morgan fingerprint density at radius 3 is 2.33 bits per heavy atom. The summed E-state index contributed by atoms with van der Waals surface area (Å²) in [5.41, 5.74) is -2.37. The van der Waals surface area contributed by atoms with E-state index in [-0.39, 0.29) is 0 Å². The van der Waals surface area contributed by atoms with Crippen molar-refractivity contribution in [3.05, 3.63) is 38.2 Å². The molecule has 1 heterocycles. The van der Waals surface area contributed by atoms with E-state index in [1.165, 1.54) is 0 Å². The fraction of sp³-hybridized carbons (Fsp3) is 0. The Kier molecular flexibility index (Phi) is 2.56. The van der Waals surface area contributed by atoms with E-state index in [2.05, 4.69) is 4.98 Å². The third-order valence-corrected chi connectivity index (χ3v) is 1.46. The van der Waals surface area contributed by atoms with Crippen LogP contribution in [-0.2, 0) is 0 Å². The van der Waals surface area contributed by atoms with E-state index in [9.17, 15) is 25.0 Å². The highest BCUT2D eigenvalue weighted by Gasteiger charge is 2.25. The summed E-state index contributed by atoms with van der Waals surface area (Å²) in [6.07, 6.45) is 0.649. The maximum atomic E-state index is 10.5. The number of nitro groups is 2. The molecule has 0 aliphatic heterocycles. The number of aromatic carboxylic acids is 1. The van der Waals surface area contributed by atoms with Gasteiger partial charge in [-0.3, -0.25) is 20.2 Å². The van der Waals surface area contributed by atoms with E-state index in [0.29, 0.717) is 12.3 Å². The zero-order valence-electron chi connectivity index (χ0n) is 6.98. The Bertz CT molecular complexity index is 456. The summed E-state index contributed by atoms with van der Waals surface area (Å²) in [7, 11) is 0. The van der Waals surface area contributed by atoms with Crippen molar-refractivity contribution in [1.29, 1.82) is 0 Å². The highest BCUT2D eigenvalue weighted by atomic mass is 16.6. The highest BCUT2D eigenvalue weighted by Crippen LogP contribution is 2.21. The summed E-state index contributed by atoms with van der Waals surface area (Å²) in [6.45, 7) is 0. The molecule has 15 heavy (non-hydrogen) atoms. The zero-order chi connectivity index (χ0) is 11.6. The third kappa shape index (κ3) is 2.02. The molecular weight excluding hydrogens is 210 g/mol. The van der Waals surface area contributed by atoms with Gasteiger partial charge in [0.15, 0.2) is 0 Å². The van der Waals surface area contributed by atoms with Crippen molar-refractivity contribution in [2.75, 3.05) is 0 Å². The van der Waals surface area contributed by atoms with Gasteiger partial charge in [0.2, 0.25) is 5.69 Å². The van der Waals surface area contributed by atoms with Crippen LogP contribution in [0.3, 0.4) is 0 Å². The van der Waals surface area contributed by atoms with E-state index in [4.69, 9.17) is 5.11 Å². The quantitative estimate of drug-likeness (QED) is 0.572. The Morgan fingerprint density at radius 1 is 1.33 bits per heavy atom. The van der Waals surface area contributed by atoms with Crippen LogP contribution in [0.4, 0.5) is 11.4 Å². The van der Waals surface area contributed by atoms with Gasteiger partial charge in [-0.05, 0) is 0 Å². The fourth-order valence-corrected chi connectivity index (χ4v) is 0.846. The van der Waals surface area contributed by atoms with Crippen LogP contribution in [0.1, 0.15) is 10.5 Å². The number of nitrogens with zero attached hydrogens (tertiary/aromatic N) is 3. The van der Waals surface area contributed by atoms with Crippen LogP contribution in [0.2, 0.25) is 0 Å². The molecule has 0 atom stereocenters. The van der Waals surface area contributed by atoms with Crippen LogP contribution >= 0.6 is 0 Å². The standard InChI is InChI=1S/C6H3N3O6/c10-6(11)5-4(9(14)15)1-3(2-7-5)8(12)13/h1-2H,(H,10,11). The van der Waals surface area contributed by atoms with Gasteiger partial charge in [-0.2, -0.15) is 0 Å². The average molecular weight is 213 g/mol. The number of pyridine rings is 1.